The summed E-state index contributed by atoms with van der Waals surface area (Å²) in [5, 5.41) is 0. The Kier molecular flexibility index (Phi) is 4.99. The second kappa shape index (κ2) is 7.47. The molecule has 4 heterocycles. The van der Waals surface area contributed by atoms with E-state index >= 15 is 0 Å². The monoisotopic (exact) mass is 408 g/mol. The molecule has 2 aromatic heterocycles. The number of amides is 1. The Bertz CT molecular complexity index is 930. The number of morpholine rings is 1. The van der Waals surface area contributed by atoms with Gasteiger partial charge in [0.15, 0.2) is 0 Å². The van der Waals surface area contributed by atoms with Gasteiger partial charge in [0.05, 0.1) is 24.5 Å². The zero-order valence-corrected chi connectivity index (χ0v) is 15.4. The highest BCUT2D eigenvalue weighted by atomic mass is 19.4. The van der Waals surface area contributed by atoms with Crippen molar-refractivity contribution in [2.45, 2.75) is 19.0 Å². The number of anilines is 3. The molecule has 0 radical (unpaired) electrons. The third-order valence-electron chi connectivity index (χ3n) is 4.85. The van der Waals surface area contributed by atoms with Crippen LogP contribution >= 0.6 is 0 Å². The predicted octanol–water partition coefficient (Wildman–Crippen LogP) is 2.10. The highest BCUT2D eigenvalue weighted by Crippen LogP contribution is 2.38. The number of carbonyl (C=O) groups excluding carboxylic acids is 1. The summed E-state index contributed by atoms with van der Waals surface area (Å²) in [5.74, 6) is 0.182. The van der Waals surface area contributed by atoms with Gasteiger partial charge in [0.1, 0.15) is 11.6 Å². The summed E-state index contributed by atoms with van der Waals surface area (Å²) in [6.45, 7) is 2.39. The molecule has 4 rings (SSSR count). The quantitative estimate of drug-likeness (QED) is 0.831. The summed E-state index contributed by atoms with van der Waals surface area (Å²) >= 11 is 0. The molecule has 11 heteroatoms. The van der Waals surface area contributed by atoms with Gasteiger partial charge < -0.3 is 15.4 Å². The minimum absolute atomic E-state index is 0.0380. The van der Waals surface area contributed by atoms with Gasteiger partial charge in [-0.1, -0.05) is 0 Å². The number of alkyl halides is 3. The molecule has 0 bridgehead atoms. The average molecular weight is 408 g/mol. The fourth-order valence-corrected chi connectivity index (χ4v) is 3.40. The minimum Gasteiger partial charge on any atom is -0.384 e. The maximum Gasteiger partial charge on any atom is 0.417 e. The highest BCUT2D eigenvalue weighted by molar-refractivity contribution is 5.95. The van der Waals surface area contributed by atoms with Gasteiger partial charge in [-0.3, -0.25) is 9.69 Å². The van der Waals surface area contributed by atoms with E-state index in [0.717, 1.165) is 12.3 Å². The van der Waals surface area contributed by atoms with Crippen molar-refractivity contribution in [3.63, 3.8) is 0 Å². The topological polar surface area (TPSA) is 97.5 Å². The molecule has 0 atom stereocenters. The van der Waals surface area contributed by atoms with Gasteiger partial charge >= 0.3 is 6.18 Å². The van der Waals surface area contributed by atoms with Crippen molar-refractivity contribution in [3.05, 3.63) is 23.9 Å². The molecule has 2 aliphatic rings. The molecule has 0 unspecified atom stereocenters. The molecule has 0 aromatic carbocycles. The van der Waals surface area contributed by atoms with Crippen LogP contribution in [0.1, 0.15) is 18.4 Å². The lowest BCUT2D eigenvalue weighted by Gasteiger charge is -2.28. The molecule has 2 saturated heterocycles. The molecule has 2 N–H and O–H groups in total. The van der Waals surface area contributed by atoms with Crippen molar-refractivity contribution >= 4 is 23.5 Å². The van der Waals surface area contributed by atoms with Gasteiger partial charge in [-0.15, -0.1) is 0 Å². The van der Waals surface area contributed by atoms with Crippen LogP contribution in [0.4, 0.5) is 30.8 Å². The summed E-state index contributed by atoms with van der Waals surface area (Å²) in [4.78, 5) is 28.2. The molecule has 2 fully saturated rings. The molecule has 0 saturated carbocycles. The molecule has 8 nitrogen and oxygen atoms in total. The Morgan fingerprint density at radius 3 is 2.52 bits per heavy atom. The van der Waals surface area contributed by atoms with Crippen LogP contribution < -0.4 is 15.5 Å². The smallest absolute Gasteiger partial charge is 0.384 e. The number of nitrogens with zero attached hydrogens (tertiary/aromatic N) is 5. The molecule has 2 aliphatic heterocycles. The number of hydrogen-bond donors (Lipinski definition) is 1. The number of hydrogen-bond acceptors (Lipinski definition) is 7. The number of nitrogens with two attached hydrogens (primary N) is 1. The third kappa shape index (κ3) is 3.95. The predicted molar refractivity (Wildman–Crippen MR) is 99.3 cm³/mol. The Morgan fingerprint density at radius 2 is 1.86 bits per heavy atom. The van der Waals surface area contributed by atoms with Crippen molar-refractivity contribution in [1.82, 2.24) is 15.0 Å². The van der Waals surface area contributed by atoms with E-state index in [1.165, 1.54) is 11.0 Å². The van der Waals surface area contributed by atoms with Gasteiger partial charge in [0, 0.05) is 43.9 Å². The van der Waals surface area contributed by atoms with E-state index in [4.69, 9.17) is 10.5 Å². The average Bonchev–Trinajstić information content (AvgIpc) is 3.13. The van der Waals surface area contributed by atoms with Gasteiger partial charge in [-0.2, -0.15) is 18.2 Å². The SMILES string of the molecule is Nc1cc(C(F)(F)F)c(-c2cc(N3CCCC3=O)nc(N3CCOCC3)n2)cn1. The fraction of sp³-hybridized carbons (Fsp3) is 0.444. The van der Waals surface area contributed by atoms with E-state index in [2.05, 4.69) is 15.0 Å². The summed E-state index contributed by atoms with van der Waals surface area (Å²) in [6.07, 6.45) is -2.54. The van der Waals surface area contributed by atoms with E-state index in [9.17, 15) is 18.0 Å². The zero-order chi connectivity index (χ0) is 20.6. The van der Waals surface area contributed by atoms with Crippen molar-refractivity contribution in [3.8, 4) is 11.3 Å². The molecule has 0 spiro atoms. The van der Waals surface area contributed by atoms with Gasteiger partial charge in [-0.05, 0) is 12.5 Å². The lowest BCUT2D eigenvalue weighted by molar-refractivity contribution is -0.137. The number of halogens is 3. The van der Waals surface area contributed by atoms with Crippen LogP contribution in [-0.2, 0) is 15.7 Å². The molecule has 1 amide bonds. The first-order valence-electron chi connectivity index (χ1n) is 9.18. The van der Waals surface area contributed by atoms with E-state index in [-0.39, 0.29) is 34.7 Å². The lowest BCUT2D eigenvalue weighted by Crippen LogP contribution is -2.38. The summed E-state index contributed by atoms with van der Waals surface area (Å²) in [7, 11) is 0. The number of carbonyl (C=O) groups is 1. The second-order valence-electron chi connectivity index (χ2n) is 6.81. The van der Waals surface area contributed by atoms with E-state index in [1.807, 2.05) is 4.90 Å². The molecular weight excluding hydrogens is 389 g/mol. The molecule has 0 aliphatic carbocycles. The minimum atomic E-state index is -4.64. The van der Waals surface area contributed by atoms with E-state index in [1.54, 1.807) is 0 Å². The van der Waals surface area contributed by atoms with Crippen molar-refractivity contribution < 1.29 is 22.7 Å². The van der Waals surface area contributed by atoms with Crippen LogP contribution in [0.15, 0.2) is 18.3 Å². The summed E-state index contributed by atoms with van der Waals surface area (Å²) < 4.78 is 46.2. The first-order valence-corrected chi connectivity index (χ1v) is 9.18. The lowest BCUT2D eigenvalue weighted by atomic mass is 10.1. The van der Waals surface area contributed by atoms with E-state index < -0.39 is 11.7 Å². The Labute approximate surface area is 164 Å². The first kappa shape index (κ1) is 19.4. The van der Waals surface area contributed by atoms with E-state index in [0.29, 0.717) is 45.7 Å². The first-order chi connectivity index (χ1) is 13.8. The van der Waals surface area contributed by atoms with Gasteiger partial charge in [0.2, 0.25) is 11.9 Å². The maximum absolute atomic E-state index is 13.6. The summed E-state index contributed by atoms with van der Waals surface area (Å²) in [5.41, 5.74) is 4.37. The highest BCUT2D eigenvalue weighted by Gasteiger charge is 2.35. The fourth-order valence-electron chi connectivity index (χ4n) is 3.40. The molecule has 29 heavy (non-hydrogen) atoms. The standard InChI is InChI=1S/C18H19F3N6O2/c19-18(20,21)12-8-14(22)23-10-11(12)13-9-15(27-3-1-2-16(27)28)25-17(24-13)26-4-6-29-7-5-26/h8-10H,1-7H2,(H2,22,23). The Morgan fingerprint density at radius 1 is 1.10 bits per heavy atom. The number of rotatable bonds is 3. The van der Waals surface area contributed by atoms with Gasteiger partial charge in [-0.25, -0.2) is 9.97 Å². The van der Waals surface area contributed by atoms with Gasteiger partial charge in [0.25, 0.3) is 0 Å². The normalized spacial score (nSPS) is 17.8. The van der Waals surface area contributed by atoms with Crippen molar-refractivity contribution in [2.75, 3.05) is 48.4 Å². The largest absolute Gasteiger partial charge is 0.417 e. The van der Waals surface area contributed by atoms with Crippen LogP contribution in [0, 0.1) is 0 Å². The third-order valence-corrected chi connectivity index (χ3v) is 4.85. The number of ether oxygens (including phenoxy) is 1. The van der Waals surface area contributed by atoms with Crippen LogP contribution in [0.3, 0.4) is 0 Å². The molecule has 154 valence electrons. The second-order valence-corrected chi connectivity index (χ2v) is 6.81. The van der Waals surface area contributed by atoms with Crippen LogP contribution in [0.5, 0.6) is 0 Å². The van der Waals surface area contributed by atoms with Crippen molar-refractivity contribution in [1.29, 1.82) is 0 Å². The molecule has 2 aromatic rings. The van der Waals surface area contributed by atoms with Crippen molar-refractivity contribution in [2.24, 2.45) is 0 Å². The summed E-state index contributed by atoms with van der Waals surface area (Å²) in [6, 6.07) is 2.18. The number of aromatic nitrogens is 3. The van der Waals surface area contributed by atoms with Crippen LogP contribution in [0.2, 0.25) is 0 Å². The van der Waals surface area contributed by atoms with Crippen LogP contribution in [0.25, 0.3) is 11.3 Å². The van der Waals surface area contributed by atoms with Crippen LogP contribution in [-0.4, -0.2) is 53.7 Å². The number of nitrogen functional groups attached to an aromatic ring is 1. The Balaban J connectivity index is 1.86. The zero-order valence-electron chi connectivity index (χ0n) is 15.4. The molecular formula is C18H19F3N6O2. The maximum atomic E-state index is 13.6. The number of pyridine rings is 1. The Hall–Kier alpha value is -2.95.